The van der Waals surface area contributed by atoms with Crippen LogP contribution < -0.4 is 4.74 Å². The van der Waals surface area contributed by atoms with E-state index in [9.17, 15) is 9.59 Å². The molecule has 1 saturated heterocycles. The summed E-state index contributed by atoms with van der Waals surface area (Å²) in [5.74, 6) is -0.573. The third kappa shape index (κ3) is 4.99. The number of para-hydroxylation sites is 1. The number of aryl methyl sites for hydroxylation is 1. The predicted octanol–water partition coefficient (Wildman–Crippen LogP) is 4.25. The lowest BCUT2D eigenvalue weighted by Gasteiger charge is -2.12. The van der Waals surface area contributed by atoms with Crippen LogP contribution in [0.15, 0.2) is 53.4 Å². The Hall–Kier alpha value is -2.64. The number of hydrogen-bond donors (Lipinski definition) is 1. The second kappa shape index (κ2) is 9.03. The number of nitrogens with zero attached hydrogens (tertiary/aromatic N) is 1. The van der Waals surface area contributed by atoms with Gasteiger partial charge in [0.15, 0.2) is 0 Å². The molecule has 2 aromatic carbocycles. The lowest BCUT2D eigenvalue weighted by molar-refractivity contribution is -0.137. The van der Waals surface area contributed by atoms with Crippen LogP contribution in [-0.4, -0.2) is 32.7 Å². The molecule has 0 spiro atoms. The van der Waals surface area contributed by atoms with Gasteiger partial charge in [0.25, 0.3) is 5.91 Å². The number of amides is 1. The van der Waals surface area contributed by atoms with Crippen molar-refractivity contribution >= 4 is 46.3 Å². The molecule has 1 amide bonds. The molecule has 3 rings (SSSR count). The summed E-state index contributed by atoms with van der Waals surface area (Å²) < 4.78 is 6.32. The van der Waals surface area contributed by atoms with E-state index in [1.165, 1.54) is 22.2 Å². The van der Waals surface area contributed by atoms with Gasteiger partial charge < -0.3 is 9.84 Å². The van der Waals surface area contributed by atoms with Gasteiger partial charge in [-0.15, -0.1) is 0 Å². The number of ether oxygens (including phenoxy) is 1. The number of aliphatic carboxylic acids is 1. The molecule has 1 aliphatic rings. The Morgan fingerprint density at radius 1 is 1.21 bits per heavy atom. The predicted molar refractivity (Wildman–Crippen MR) is 114 cm³/mol. The molecule has 28 heavy (non-hydrogen) atoms. The number of carboxylic acid groups (broad SMARTS) is 1. The number of carbonyl (C=O) groups excluding carboxylic acids is 1. The maximum Gasteiger partial charge on any atom is 0.305 e. The van der Waals surface area contributed by atoms with Gasteiger partial charge in [-0.25, -0.2) is 0 Å². The fraction of sp³-hybridized carbons (Fsp3) is 0.190. The second-order valence-corrected chi connectivity index (χ2v) is 7.96. The number of rotatable bonds is 7. The molecule has 1 N–H and O–H groups in total. The summed E-state index contributed by atoms with van der Waals surface area (Å²) in [5.41, 5.74) is 3.02. The van der Waals surface area contributed by atoms with Crippen molar-refractivity contribution in [1.29, 1.82) is 0 Å². The van der Waals surface area contributed by atoms with Crippen molar-refractivity contribution < 1.29 is 19.4 Å². The maximum atomic E-state index is 12.6. The Bertz CT molecular complexity index is 938. The van der Waals surface area contributed by atoms with E-state index < -0.39 is 5.97 Å². The van der Waals surface area contributed by atoms with Crippen LogP contribution in [0.5, 0.6) is 5.75 Å². The molecular formula is C21H19NO4S2. The highest BCUT2D eigenvalue weighted by Gasteiger charge is 2.32. The van der Waals surface area contributed by atoms with Crippen LogP contribution in [0.1, 0.15) is 23.1 Å². The first-order valence-electron chi connectivity index (χ1n) is 8.68. The van der Waals surface area contributed by atoms with E-state index in [0.29, 0.717) is 21.6 Å². The first kappa shape index (κ1) is 20.1. The quantitative estimate of drug-likeness (QED) is 0.541. The zero-order valence-electron chi connectivity index (χ0n) is 15.3. The van der Waals surface area contributed by atoms with Crippen molar-refractivity contribution in [2.75, 3.05) is 6.54 Å². The molecule has 2 aromatic rings. The van der Waals surface area contributed by atoms with Gasteiger partial charge in [0.05, 0.1) is 11.3 Å². The Labute approximate surface area is 173 Å². The summed E-state index contributed by atoms with van der Waals surface area (Å²) in [7, 11) is 0. The van der Waals surface area contributed by atoms with E-state index >= 15 is 0 Å². The van der Waals surface area contributed by atoms with Crippen molar-refractivity contribution in [3.63, 3.8) is 0 Å². The van der Waals surface area contributed by atoms with Crippen LogP contribution in [0, 0.1) is 6.92 Å². The molecular weight excluding hydrogens is 394 g/mol. The minimum atomic E-state index is -0.965. The molecule has 0 unspecified atom stereocenters. The highest BCUT2D eigenvalue weighted by molar-refractivity contribution is 8.26. The second-order valence-electron chi connectivity index (χ2n) is 6.29. The molecule has 7 heteroatoms. The molecule has 5 nitrogen and oxygen atoms in total. The SMILES string of the molecule is Cc1ccc(COc2ccccc2/C=C2/SC(=S)N(CCC(=O)O)C2=O)cc1. The number of thiocarbonyl (C=S) groups is 1. The Kier molecular flexibility index (Phi) is 6.49. The molecule has 1 aliphatic heterocycles. The van der Waals surface area contributed by atoms with Crippen LogP contribution in [0.2, 0.25) is 0 Å². The van der Waals surface area contributed by atoms with Gasteiger partial charge >= 0.3 is 5.97 Å². The van der Waals surface area contributed by atoms with E-state index in [4.69, 9.17) is 22.1 Å². The van der Waals surface area contributed by atoms with Crippen LogP contribution in [0.4, 0.5) is 0 Å². The van der Waals surface area contributed by atoms with Crippen LogP contribution in [0.3, 0.4) is 0 Å². The van der Waals surface area contributed by atoms with E-state index in [2.05, 4.69) is 0 Å². The first-order chi connectivity index (χ1) is 13.4. The number of hydrogen-bond acceptors (Lipinski definition) is 5. The average molecular weight is 414 g/mol. The highest BCUT2D eigenvalue weighted by atomic mass is 32.2. The van der Waals surface area contributed by atoms with E-state index in [0.717, 1.165) is 11.1 Å². The maximum absolute atomic E-state index is 12.6. The zero-order valence-corrected chi connectivity index (χ0v) is 16.9. The number of benzene rings is 2. The Morgan fingerprint density at radius 2 is 1.93 bits per heavy atom. The number of thioether (sulfide) groups is 1. The van der Waals surface area contributed by atoms with E-state index in [1.807, 2.05) is 55.5 Å². The van der Waals surface area contributed by atoms with Crippen molar-refractivity contribution in [2.24, 2.45) is 0 Å². The lowest BCUT2D eigenvalue weighted by atomic mass is 10.1. The summed E-state index contributed by atoms with van der Waals surface area (Å²) in [6.07, 6.45) is 1.60. The van der Waals surface area contributed by atoms with Crippen LogP contribution in [-0.2, 0) is 16.2 Å². The molecule has 0 aliphatic carbocycles. The molecule has 0 saturated carbocycles. The fourth-order valence-electron chi connectivity index (χ4n) is 2.62. The average Bonchev–Trinajstić information content (AvgIpc) is 2.93. The third-order valence-corrected chi connectivity index (χ3v) is 5.52. The summed E-state index contributed by atoms with van der Waals surface area (Å²) in [5, 5.41) is 8.83. The summed E-state index contributed by atoms with van der Waals surface area (Å²) in [6, 6.07) is 15.6. The summed E-state index contributed by atoms with van der Waals surface area (Å²) in [4.78, 5) is 25.1. The van der Waals surface area contributed by atoms with Crippen LogP contribution in [0.25, 0.3) is 6.08 Å². The standard InChI is InChI=1S/C21H19NO4S2/c1-14-6-8-15(9-7-14)13-26-17-5-3-2-4-16(17)12-18-20(25)22(21(27)28-18)11-10-19(23)24/h2-9,12H,10-11,13H2,1H3,(H,23,24)/b18-12+. The monoisotopic (exact) mass is 413 g/mol. The van der Waals surface area contributed by atoms with E-state index in [-0.39, 0.29) is 18.9 Å². The van der Waals surface area contributed by atoms with Crippen molar-refractivity contribution in [3.8, 4) is 5.75 Å². The van der Waals surface area contributed by atoms with Gasteiger partial charge in [0.2, 0.25) is 0 Å². The first-order valence-corrected chi connectivity index (χ1v) is 9.91. The van der Waals surface area contributed by atoms with E-state index in [1.54, 1.807) is 6.08 Å². The highest BCUT2D eigenvalue weighted by Crippen LogP contribution is 2.34. The summed E-state index contributed by atoms with van der Waals surface area (Å²) >= 11 is 6.40. The van der Waals surface area contributed by atoms with Gasteiger partial charge in [0, 0.05) is 12.1 Å². The van der Waals surface area contributed by atoms with Gasteiger partial charge in [0.1, 0.15) is 16.7 Å². The molecule has 1 fully saturated rings. The Morgan fingerprint density at radius 3 is 2.64 bits per heavy atom. The minimum Gasteiger partial charge on any atom is -0.488 e. The normalized spacial score (nSPS) is 15.3. The van der Waals surface area contributed by atoms with Gasteiger partial charge in [-0.3, -0.25) is 14.5 Å². The van der Waals surface area contributed by atoms with Gasteiger partial charge in [-0.05, 0) is 24.6 Å². The number of carboxylic acids is 1. The van der Waals surface area contributed by atoms with Crippen LogP contribution >= 0.6 is 24.0 Å². The fourth-order valence-corrected chi connectivity index (χ4v) is 3.92. The molecule has 1 heterocycles. The van der Waals surface area contributed by atoms with Gasteiger partial charge in [-0.2, -0.15) is 0 Å². The topological polar surface area (TPSA) is 66.8 Å². The molecule has 0 aromatic heterocycles. The number of carbonyl (C=O) groups is 2. The molecule has 0 atom stereocenters. The Balaban J connectivity index is 1.75. The third-order valence-electron chi connectivity index (χ3n) is 4.14. The van der Waals surface area contributed by atoms with Crippen molar-refractivity contribution in [1.82, 2.24) is 4.90 Å². The summed E-state index contributed by atoms with van der Waals surface area (Å²) in [6.45, 7) is 2.53. The largest absolute Gasteiger partial charge is 0.488 e. The smallest absolute Gasteiger partial charge is 0.305 e. The minimum absolute atomic E-state index is 0.0723. The van der Waals surface area contributed by atoms with Crippen molar-refractivity contribution in [2.45, 2.75) is 20.0 Å². The molecule has 144 valence electrons. The van der Waals surface area contributed by atoms with Gasteiger partial charge in [-0.1, -0.05) is 72.0 Å². The lowest BCUT2D eigenvalue weighted by Crippen LogP contribution is -2.30. The molecule has 0 radical (unpaired) electrons. The van der Waals surface area contributed by atoms with Crippen molar-refractivity contribution in [3.05, 3.63) is 70.1 Å². The molecule has 0 bridgehead atoms. The zero-order chi connectivity index (χ0) is 20.1.